The standard InChI is InChI=1S/C8H19N2/c1-5-6-7-10(9-4)8(2)3/h8-9H,4-7H2,1-3H3. The van der Waals surface area contributed by atoms with E-state index >= 15 is 0 Å². The van der Waals surface area contributed by atoms with Crippen LogP contribution in [0.25, 0.3) is 0 Å². The minimum atomic E-state index is 0.545. The summed E-state index contributed by atoms with van der Waals surface area (Å²) in [6.07, 6.45) is 2.48. The van der Waals surface area contributed by atoms with Gasteiger partial charge in [-0.3, -0.25) is 5.43 Å². The van der Waals surface area contributed by atoms with Gasteiger partial charge < -0.3 is 0 Å². The molecule has 1 radical (unpaired) electrons. The highest BCUT2D eigenvalue weighted by molar-refractivity contribution is 4.56. The maximum Gasteiger partial charge on any atom is 0.0242 e. The van der Waals surface area contributed by atoms with Crippen LogP contribution < -0.4 is 5.43 Å². The van der Waals surface area contributed by atoms with Crippen LogP contribution in [0.4, 0.5) is 0 Å². The second kappa shape index (κ2) is 5.69. The Bertz CT molecular complexity index is 71.7. The van der Waals surface area contributed by atoms with Gasteiger partial charge in [0.1, 0.15) is 0 Å². The Balaban J connectivity index is 3.40. The predicted octanol–water partition coefficient (Wildman–Crippen LogP) is 1.79. The van der Waals surface area contributed by atoms with Crippen molar-refractivity contribution in [1.29, 1.82) is 0 Å². The Morgan fingerprint density at radius 2 is 2.10 bits per heavy atom. The molecule has 0 unspecified atom stereocenters. The maximum absolute atomic E-state index is 3.64. The normalized spacial score (nSPS) is 11.4. The Morgan fingerprint density at radius 1 is 1.50 bits per heavy atom. The van der Waals surface area contributed by atoms with E-state index < -0.39 is 0 Å². The molecule has 0 saturated heterocycles. The molecule has 2 heteroatoms. The molecular formula is C8H19N2. The number of hydrogen-bond donors (Lipinski definition) is 1. The minimum absolute atomic E-state index is 0.545. The minimum Gasteiger partial charge on any atom is -0.254 e. The monoisotopic (exact) mass is 143 g/mol. The van der Waals surface area contributed by atoms with Gasteiger partial charge in [0.2, 0.25) is 0 Å². The summed E-state index contributed by atoms with van der Waals surface area (Å²) in [6, 6.07) is 0.545. The lowest BCUT2D eigenvalue weighted by atomic mass is 10.3. The van der Waals surface area contributed by atoms with Gasteiger partial charge in [-0.2, -0.15) is 0 Å². The van der Waals surface area contributed by atoms with Crippen molar-refractivity contribution in [2.45, 2.75) is 39.7 Å². The van der Waals surface area contributed by atoms with Crippen LogP contribution >= 0.6 is 0 Å². The summed E-state index contributed by atoms with van der Waals surface area (Å²) in [7, 11) is 3.64. The van der Waals surface area contributed by atoms with Gasteiger partial charge in [-0.15, -0.1) is 0 Å². The van der Waals surface area contributed by atoms with E-state index in [1.54, 1.807) is 0 Å². The van der Waals surface area contributed by atoms with Gasteiger partial charge in [0.05, 0.1) is 0 Å². The van der Waals surface area contributed by atoms with E-state index in [0.29, 0.717) is 6.04 Å². The maximum atomic E-state index is 3.64. The molecule has 0 heterocycles. The lowest BCUT2D eigenvalue weighted by Gasteiger charge is -2.24. The third-order valence-electron chi connectivity index (χ3n) is 1.58. The third kappa shape index (κ3) is 3.85. The molecule has 2 nitrogen and oxygen atoms in total. The first-order valence-electron chi connectivity index (χ1n) is 4.01. The average Bonchev–Trinajstić information content (AvgIpc) is 1.89. The fraction of sp³-hybridized carbons (Fsp3) is 0.875. The summed E-state index contributed by atoms with van der Waals surface area (Å²) in [5.74, 6) is 0. The van der Waals surface area contributed by atoms with Gasteiger partial charge in [0.15, 0.2) is 0 Å². The molecule has 0 aromatic rings. The highest BCUT2D eigenvalue weighted by atomic mass is 15.5. The van der Waals surface area contributed by atoms with Gasteiger partial charge in [-0.05, 0) is 20.3 Å². The molecular weight excluding hydrogens is 124 g/mol. The fourth-order valence-corrected chi connectivity index (χ4v) is 0.848. The summed E-state index contributed by atoms with van der Waals surface area (Å²) in [5.41, 5.74) is 2.92. The molecule has 61 valence electrons. The van der Waals surface area contributed by atoms with Crippen LogP contribution in [0, 0.1) is 7.05 Å². The van der Waals surface area contributed by atoms with Crippen molar-refractivity contribution in [1.82, 2.24) is 10.4 Å². The fourth-order valence-electron chi connectivity index (χ4n) is 0.848. The molecule has 0 aliphatic carbocycles. The first-order chi connectivity index (χ1) is 4.72. The quantitative estimate of drug-likeness (QED) is 0.590. The number of hydrazine groups is 1. The number of unbranched alkanes of at least 4 members (excludes halogenated alkanes) is 1. The molecule has 0 bridgehead atoms. The van der Waals surface area contributed by atoms with Crippen molar-refractivity contribution in [3.05, 3.63) is 7.05 Å². The molecule has 0 amide bonds. The second-order valence-corrected chi connectivity index (χ2v) is 2.80. The number of hydrogen-bond acceptors (Lipinski definition) is 2. The van der Waals surface area contributed by atoms with Gasteiger partial charge in [-0.25, -0.2) is 5.01 Å². The number of nitrogens with zero attached hydrogens (tertiary/aromatic N) is 1. The van der Waals surface area contributed by atoms with E-state index in [4.69, 9.17) is 0 Å². The van der Waals surface area contributed by atoms with Crippen LogP contribution in [0.3, 0.4) is 0 Å². The van der Waals surface area contributed by atoms with Crippen LogP contribution in [0.1, 0.15) is 33.6 Å². The zero-order chi connectivity index (χ0) is 7.98. The van der Waals surface area contributed by atoms with Gasteiger partial charge in [0, 0.05) is 19.6 Å². The summed E-state index contributed by atoms with van der Waals surface area (Å²) in [6.45, 7) is 7.61. The number of nitrogens with one attached hydrogen (secondary N) is 1. The third-order valence-corrected chi connectivity index (χ3v) is 1.58. The lowest BCUT2D eigenvalue weighted by molar-refractivity contribution is 0.168. The van der Waals surface area contributed by atoms with Crippen molar-refractivity contribution in [3.63, 3.8) is 0 Å². The Morgan fingerprint density at radius 3 is 2.40 bits per heavy atom. The summed E-state index contributed by atoms with van der Waals surface area (Å²) in [4.78, 5) is 0. The van der Waals surface area contributed by atoms with Gasteiger partial charge >= 0.3 is 0 Å². The van der Waals surface area contributed by atoms with E-state index in [9.17, 15) is 0 Å². The van der Waals surface area contributed by atoms with Crippen LogP contribution in [-0.2, 0) is 0 Å². The molecule has 0 rings (SSSR count). The molecule has 10 heavy (non-hydrogen) atoms. The highest BCUT2D eigenvalue weighted by Gasteiger charge is 2.03. The van der Waals surface area contributed by atoms with Crippen molar-refractivity contribution >= 4 is 0 Å². The summed E-state index contributed by atoms with van der Waals surface area (Å²) < 4.78 is 0. The van der Waals surface area contributed by atoms with E-state index in [0.717, 1.165) is 6.54 Å². The topological polar surface area (TPSA) is 15.3 Å². The Hall–Kier alpha value is -0.0800. The largest absolute Gasteiger partial charge is 0.254 e. The molecule has 0 aliphatic heterocycles. The summed E-state index contributed by atoms with van der Waals surface area (Å²) >= 11 is 0. The highest BCUT2D eigenvalue weighted by Crippen LogP contribution is 1.96. The molecule has 0 spiro atoms. The van der Waals surface area contributed by atoms with Crippen molar-refractivity contribution < 1.29 is 0 Å². The average molecular weight is 143 g/mol. The van der Waals surface area contributed by atoms with Crippen LogP contribution in [0.2, 0.25) is 0 Å². The number of rotatable bonds is 5. The summed E-state index contributed by atoms with van der Waals surface area (Å²) in [5, 5.41) is 2.14. The smallest absolute Gasteiger partial charge is 0.0242 e. The zero-order valence-electron chi connectivity index (χ0n) is 7.35. The predicted molar refractivity (Wildman–Crippen MR) is 45.2 cm³/mol. The molecule has 0 saturated carbocycles. The Labute approximate surface area is 64.6 Å². The van der Waals surface area contributed by atoms with Gasteiger partial charge in [0.25, 0.3) is 0 Å². The second-order valence-electron chi connectivity index (χ2n) is 2.80. The van der Waals surface area contributed by atoms with Crippen molar-refractivity contribution in [3.8, 4) is 0 Å². The first-order valence-corrected chi connectivity index (χ1v) is 4.01. The molecule has 0 aromatic heterocycles. The van der Waals surface area contributed by atoms with E-state index in [2.05, 4.69) is 38.3 Å². The lowest BCUT2D eigenvalue weighted by Crippen LogP contribution is -2.39. The molecule has 0 fully saturated rings. The molecule has 0 aromatic carbocycles. The molecule has 0 aliphatic rings. The van der Waals surface area contributed by atoms with Crippen LogP contribution in [0.5, 0.6) is 0 Å². The Kier molecular flexibility index (Phi) is 5.64. The van der Waals surface area contributed by atoms with E-state index in [1.165, 1.54) is 12.8 Å². The van der Waals surface area contributed by atoms with Gasteiger partial charge in [-0.1, -0.05) is 13.3 Å². The van der Waals surface area contributed by atoms with Crippen LogP contribution in [-0.4, -0.2) is 17.6 Å². The van der Waals surface area contributed by atoms with Crippen LogP contribution in [0.15, 0.2) is 0 Å². The zero-order valence-corrected chi connectivity index (χ0v) is 7.35. The SMILES string of the molecule is [CH2]NN(CCCC)C(C)C. The molecule has 0 atom stereocenters. The van der Waals surface area contributed by atoms with Crippen molar-refractivity contribution in [2.75, 3.05) is 6.54 Å². The van der Waals surface area contributed by atoms with E-state index in [1.807, 2.05) is 0 Å². The first kappa shape index (κ1) is 9.92. The molecule has 1 N–H and O–H groups in total. The van der Waals surface area contributed by atoms with E-state index in [-0.39, 0.29) is 0 Å². The van der Waals surface area contributed by atoms with Crippen molar-refractivity contribution in [2.24, 2.45) is 0 Å².